The number of carbonyl (C=O) groups excluding carboxylic acids is 1. The maximum absolute atomic E-state index is 11.4. The van der Waals surface area contributed by atoms with Crippen molar-refractivity contribution < 1.29 is 19.0 Å². The van der Waals surface area contributed by atoms with E-state index in [-0.39, 0.29) is 12.1 Å². The molecule has 0 saturated carbocycles. The lowest BCUT2D eigenvalue weighted by Gasteiger charge is -2.28. The van der Waals surface area contributed by atoms with Gasteiger partial charge in [0.1, 0.15) is 4.32 Å². The van der Waals surface area contributed by atoms with Gasteiger partial charge < -0.3 is 14.2 Å². The third kappa shape index (κ3) is 3.55. The molecule has 0 saturated heterocycles. The van der Waals surface area contributed by atoms with Gasteiger partial charge in [-0.3, -0.25) is 4.79 Å². The molecular weight excluding hydrogens is 252 g/mol. The fourth-order valence-corrected chi connectivity index (χ4v) is 1.74. The number of esters is 1. The zero-order valence-electron chi connectivity index (χ0n) is 9.00. The van der Waals surface area contributed by atoms with Crippen LogP contribution < -0.4 is 0 Å². The van der Waals surface area contributed by atoms with Crippen molar-refractivity contribution in [3.63, 3.8) is 0 Å². The summed E-state index contributed by atoms with van der Waals surface area (Å²) in [6.07, 6.45) is 0.360. The highest BCUT2D eigenvalue weighted by molar-refractivity contribution is 9.10. The van der Waals surface area contributed by atoms with Crippen molar-refractivity contribution in [2.24, 2.45) is 0 Å². The van der Waals surface area contributed by atoms with Crippen LogP contribution in [0.1, 0.15) is 13.3 Å². The average molecular weight is 269 g/mol. The number of ether oxygens (including phenoxy) is 3. The molecule has 0 N–H and O–H groups in total. The van der Waals surface area contributed by atoms with Gasteiger partial charge in [0.25, 0.3) is 0 Å². The molecule has 4 nitrogen and oxygen atoms in total. The van der Waals surface area contributed by atoms with Crippen molar-refractivity contribution in [2.75, 3.05) is 27.9 Å². The van der Waals surface area contributed by atoms with Crippen LogP contribution in [0.2, 0.25) is 0 Å². The van der Waals surface area contributed by atoms with Crippen molar-refractivity contribution >= 4 is 21.9 Å². The van der Waals surface area contributed by atoms with Crippen LogP contribution in [0.15, 0.2) is 0 Å². The first kappa shape index (κ1) is 13.9. The van der Waals surface area contributed by atoms with Crippen molar-refractivity contribution in [3.8, 4) is 0 Å². The molecule has 0 aliphatic carbocycles. The molecule has 0 heterocycles. The van der Waals surface area contributed by atoms with E-state index in [9.17, 15) is 4.79 Å². The van der Waals surface area contributed by atoms with Crippen molar-refractivity contribution in [1.82, 2.24) is 0 Å². The predicted octanol–water partition coefficient (Wildman–Crippen LogP) is 1.36. The molecule has 2 unspecified atom stereocenters. The quantitative estimate of drug-likeness (QED) is 0.539. The van der Waals surface area contributed by atoms with E-state index in [0.29, 0.717) is 13.0 Å². The summed E-state index contributed by atoms with van der Waals surface area (Å²) in [6, 6.07) is 0. The zero-order chi connectivity index (χ0) is 11.2. The van der Waals surface area contributed by atoms with Crippen molar-refractivity contribution in [3.05, 3.63) is 0 Å². The Morgan fingerprint density at radius 2 is 2.00 bits per heavy atom. The molecule has 0 bridgehead atoms. The standard InChI is InChI=1S/C9H17BrO4/c1-9(10,8(11)14-4)7(13-3)5-6-12-2/h7H,5-6H2,1-4H3. The molecule has 0 aromatic heterocycles. The third-order valence-corrected chi connectivity index (χ3v) is 2.89. The van der Waals surface area contributed by atoms with E-state index in [2.05, 4.69) is 20.7 Å². The Morgan fingerprint density at radius 1 is 1.43 bits per heavy atom. The molecule has 2 atom stereocenters. The van der Waals surface area contributed by atoms with Crippen LogP contribution in [-0.2, 0) is 19.0 Å². The van der Waals surface area contributed by atoms with E-state index >= 15 is 0 Å². The van der Waals surface area contributed by atoms with Gasteiger partial charge in [0, 0.05) is 20.8 Å². The molecule has 0 aromatic rings. The first-order valence-electron chi connectivity index (χ1n) is 4.29. The Balaban J connectivity index is 4.39. The lowest BCUT2D eigenvalue weighted by molar-refractivity contribution is -0.146. The maximum atomic E-state index is 11.4. The van der Waals surface area contributed by atoms with Crippen LogP contribution in [0.4, 0.5) is 0 Å². The molecule has 5 heteroatoms. The third-order valence-electron chi connectivity index (χ3n) is 2.06. The number of halogens is 1. The fourth-order valence-electron chi connectivity index (χ4n) is 1.17. The van der Waals surface area contributed by atoms with Gasteiger partial charge in [-0.05, 0) is 13.3 Å². The monoisotopic (exact) mass is 268 g/mol. The van der Waals surface area contributed by atoms with Gasteiger partial charge >= 0.3 is 5.97 Å². The Hall–Kier alpha value is -0.130. The Kier molecular flexibility index (Phi) is 6.31. The highest BCUT2D eigenvalue weighted by Gasteiger charge is 2.40. The molecule has 0 aromatic carbocycles. The summed E-state index contributed by atoms with van der Waals surface area (Å²) in [6.45, 7) is 2.26. The second-order valence-electron chi connectivity index (χ2n) is 3.07. The molecule has 0 radical (unpaired) electrons. The number of rotatable bonds is 6. The van der Waals surface area contributed by atoms with Gasteiger partial charge in [-0.2, -0.15) is 0 Å². The zero-order valence-corrected chi connectivity index (χ0v) is 10.6. The van der Waals surface area contributed by atoms with Gasteiger partial charge in [0.05, 0.1) is 13.2 Å². The van der Waals surface area contributed by atoms with Crippen molar-refractivity contribution in [1.29, 1.82) is 0 Å². The number of hydrogen-bond donors (Lipinski definition) is 0. The van der Waals surface area contributed by atoms with Gasteiger partial charge in [0.15, 0.2) is 0 Å². The smallest absolute Gasteiger partial charge is 0.325 e. The van der Waals surface area contributed by atoms with E-state index in [1.807, 2.05) is 0 Å². The largest absolute Gasteiger partial charge is 0.468 e. The summed E-state index contributed by atoms with van der Waals surface area (Å²) in [5, 5.41) is 0. The van der Waals surface area contributed by atoms with Crippen molar-refractivity contribution in [2.45, 2.75) is 23.8 Å². The highest BCUT2D eigenvalue weighted by atomic mass is 79.9. The summed E-state index contributed by atoms with van der Waals surface area (Å²) in [5.74, 6) is -0.347. The maximum Gasteiger partial charge on any atom is 0.325 e. The summed E-state index contributed by atoms with van der Waals surface area (Å²) in [7, 11) is 4.52. The van der Waals surface area contributed by atoms with E-state index in [1.54, 1.807) is 21.1 Å². The lowest BCUT2D eigenvalue weighted by Crippen LogP contribution is -2.43. The number of alkyl halides is 1. The lowest BCUT2D eigenvalue weighted by atomic mass is 10.0. The van der Waals surface area contributed by atoms with E-state index in [4.69, 9.17) is 9.47 Å². The predicted molar refractivity (Wildman–Crippen MR) is 56.6 cm³/mol. The van der Waals surface area contributed by atoms with Gasteiger partial charge in [-0.1, -0.05) is 15.9 Å². The number of methoxy groups -OCH3 is 3. The minimum atomic E-state index is -0.824. The number of carbonyl (C=O) groups is 1. The average Bonchev–Trinajstić information content (AvgIpc) is 2.17. The van der Waals surface area contributed by atoms with Crippen LogP contribution in [-0.4, -0.2) is 44.3 Å². The summed E-state index contributed by atoms with van der Waals surface area (Å²) in [5.41, 5.74) is 0. The molecule has 0 aliphatic heterocycles. The SMILES string of the molecule is COCCC(OC)C(C)(Br)C(=O)OC. The van der Waals surface area contributed by atoms with Crippen LogP contribution in [0.5, 0.6) is 0 Å². The van der Waals surface area contributed by atoms with Crippen LogP contribution in [0.3, 0.4) is 0 Å². The molecule has 0 spiro atoms. The molecule has 84 valence electrons. The summed E-state index contributed by atoms with van der Waals surface area (Å²) < 4.78 is 14.0. The summed E-state index contributed by atoms with van der Waals surface area (Å²) >= 11 is 3.31. The van der Waals surface area contributed by atoms with Crippen LogP contribution in [0, 0.1) is 0 Å². The van der Waals surface area contributed by atoms with E-state index < -0.39 is 4.32 Å². The number of hydrogen-bond acceptors (Lipinski definition) is 4. The van der Waals surface area contributed by atoms with Crippen LogP contribution >= 0.6 is 15.9 Å². The topological polar surface area (TPSA) is 44.8 Å². The Bertz CT molecular complexity index is 182. The molecule has 0 fully saturated rings. The summed E-state index contributed by atoms with van der Waals surface area (Å²) in [4.78, 5) is 11.4. The normalized spacial score (nSPS) is 17.2. The second kappa shape index (κ2) is 6.37. The molecule has 14 heavy (non-hydrogen) atoms. The minimum absolute atomic E-state index is 0.269. The Labute approximate surface area is 93.0 Å². The van der Waals surface area contributed by atoms with E-state index in [0.717, 1.165) is 0 Å². The highest BCUT2D eigenvalue weighted by Crippen LogP contribution is 2.27. The first-order valence-corrected chi connectivity index (χ1v) is 5.09. The first-order chi connectivity index (χ1) is 6.50. The Morgan fingerprint density at radius 3 is 2.36 bits per heavy atom. The van der Waals surface area contributed by atoms with Gasteiger partial charge in [-0.25, -0.2) is 0 Å². The van der Waals surface area contributed by atoms with Gasteiger partial charge in [0.2, 0.25) is 0 Å². The molecule has 0 amide bonds. The molecule has 0 rings (SSSR count). The fraction of sp³-hybridized carbons (Fsp3) is 0.889. The van der Waals surface area contributed by atoms with Crippen LogP contribution in [0.25, 0.3) is 0 Å². The van der Waals surface area contributed by atoms with E-state index in [1.165, 1.54) is 7.11 Å². The molecule has 0 aliphatic rings. The second-order valence-corrected chi connectivity index (χ2v) is 4.72. The van der Waals surface area contributed by atoms with Gasteiger partial charge in [-0.15, -0.1) is 0 Å². The molecular formula is C9H17BrO4. The minimum Gasteiger partial charge on any atom is -0.468 e.